The predicted molar refractivity (Wildman–Crippen MR) is 133 cm³/mol. The van der Waals surface area contributed by atoms with E-state index in [2.05, 4.69) is 0 Å². The van der Waals surface area contributed by atoms with Crippen LogP contribution in [0.2, 0.25) is 0 Å². The van der Waals surface area contributed by atoms with Gasteiger partial charge >= 0.3 is 6.16 Å². The van der Waals surface area contributed by atoms with Crippen LogP contribution in [0.1, 0.15) is 16.7 Å². The van der Waals surface area contributed by atoms with Crippen molar-refractivity contribution in [1.29, 1.82) is 0 Å². The van der Waals surface area contributed by atoms with Gasteiger partial charge in [-0.15, -0.1) is 0 Å². The van der Waals surface area contributed by atoms with Gasteiger partial charge in [0.25, 0.3) is 10.0 Å². The average Bonchev–Trinajstić information content (AvgIpc) is 3.59. The number of fused-ring (bicyclic) bond motifs is 3. The molecule has 3 aromatic rings. The summed E-state index contributed by atoms with van der Waals surface area (Å²) >= 11 is 0. The Morgan fingerprint density at radius 3 is 2.15 bits per heavy atom. The van der Waals surface area contributed by atoms with Crippen molar-refractivity contribution in [2.75, 3.05) is 27.8 Å². The Hall–Kier alpha value is -4.78. The zero-order valence-corrected chi connectivity index (χ0v) is 21.4. The maximum Gasteiger partial charge on any atom is 0.512 e. The summed E-state index contributed by atoms with van der Waals surface area (Å²) < 4.78 is 66.8. The molecule has 0 saturated heterocycles. The third-order valence-corrected chi connectivity index (χ3v) is 8.14. The van der Waals surface area contributed by atoms with Crippen molar-refractivity contribution in [3.63, 3.8) is 0 Å². The van der Waals surface area contributed by atoms with Crippen molar-refractivity contribution in [2.45, 2.75) is 11.4 Å². The van der Waals surface area contributed by atoms with Crippen LogP contribution in [0, 0.1) is 0 Å². The van der Waals surface area contributed by atoms with Crippen molar-refractivity contribution in [3.8, 4) is 34.5 Å². The Labute approximate surface area is 222 Å². The molecular formula is C26H21NO11S. The number of hydrogen-bond donors (Lipinski definition) is 1. The fraction of sp³-hybridized carbons (Fsp3) is 0.192. The maximum atomic E-state index is 14.1. The molecule has 0 atom stereocenters. The van der Waals surface area contributed by atoms with Gasteiger partial charge < -0.3 is 38.3 Å². The highest BCUT2D eigenvalue weighted by Gasteiger charge is 2.41. The monoisotopic (exact) mass is 555 g/mol. The van der Waals surface area contributed by atoms with Crippen molar-refractivity contribution < 1.29 is 51.5 Å². The Kier molecular flexibility index (Phi) is 5.79. The summed E-state index contributed by atoms with van der Waals surface area (Å²) in [5, 5.41) is 9.69. The lowest BCUT2D eigenvalue weighted by Crippen LogP contribution is -2.36. The van der Waals surface area contributed by atoms with Gasteiger partial charge in [-0.2, -0.15) is 0 Å². The van der Waals surface area contributed by atoms with Crippen LogP contribution in [-0.4, -0.2) is 51.8 Å². The van der Waals surface area contributed by atoms with Crippen molar-refractivity contribution in [3.05, 3.63) is 71.1 Å². The molecule has 0 saturated carbocycles. The number of carboxylic acid groups (broad SMARTS) is 1. The van der Waals surface area contributed by atoms with Gasteiger partial charge in [-0.1, -0.05) is 12.1 Å². The molecule has 0 aliphatic carbocycles. The Morgan fingerprint density at radius 1 is 0.872 bits per heavy atom. The first-order valence-electron chi connectivity index (χ1n) is 11.5. The molecule has 0 spiro atoms. The Morgan fingerprint density at radius 2 is 1.49 bits per heavy atom. The molecule has 13 heteroatoms. The van der Waals surface area contributed by atoms with Gasteiger partial charge in [0, 0.05) is 11.6 Å². The number of ether oxygens (including phenoxy) is 7. The SMILES string of the molecule is COc1cc2c(cc1OC)S(=O)(=O)N(Cc1ccc3c(c1)OCO3)C(OC(=O)O)=C2c1ccc2c(c1)OCO2. The van der Waals surface area contributed by atoms with E-state index in [1.807, 2.05) is 0 Å². The fourth-order valence-corrected chi connectivity index (χ4v) is 6.21. The van der Waals surface area contributed by atoms with Crippen molar-refractivity contribution in [2.24, 2.45) is 0 Å². The number of nitrogens with zero attached hydrogens (tertiary/aromatic N) is 1. The van der Waals surface area contributed by atoms with Crippen LogP contribution in [0.4, 0.5) is 4.79 Å². The van der Waals surface area contributed by atoms with Gasteiger partial charge in [0.15, 0.2) is 34.5 Å². The van der Waals surface area contributed by atoms with Gasteiger partial charge in [-0.3, -0.25) is 0 Å². The zero-order valence-electron chi connectivity index (χ0n) is 20.6. The first-order chi connectivity index (χ1) is 18.8. The topological polar surface area (TPSA) is 139 Å². The summed E-state index contributed by atoms with van der Waals surface area (Å²) in [6.07, 6.45) is -1.70. The van der Waals surface area contributed by atoms with Gasteiger partial charge in [0.1, 0.15) is 0 Å². The summed E-state index contributed by atoms with van der Waals surface area (Å²) in [6.45, 7) is -0.219. The van der Waals surface area contributed by atoms with Crippen LogP contribution < -0.4 is 28.4 Å². The van der Waals surface area contributed by atoms with E-state index in [9.17, 15) is 18.3 Å². The quantitative estimate of drug-likeness (QED) is 0.445. The minimum Gasteiger partial charge on any atom is -0.493 e. The summed E-state index contributed by atoms with van der Waals surface area (Å²) in [5.74, 6) is 1.86. The van der Waals surface area contributed by atoms with Crippen LogP contribution in [-0.2, 0) is 21.3 Å². The van der Waals surface area contributed by atoms with Gasteiger partial charge in [0.05, 0.1) is 31.2 Å². The lowest BCUT2D eigenvalue weighted by atomic mass is 9.96. The molecule has 0 fully saturated rings. The lowest BCUT2D eigenvalue weighted by Gasteiger charge is -2.33. The predicted octanol–water partition coefficient (Wildman–Crippen LogP) is 3.78. The fourth-order valence-electron chi connectivity index (χ4n) is 4.61. The molecule has 39 heavy (non-hydrogen) atoms. The summed E-state index contributed by atoms with van der Waals surface area (Å²) in [6, 6.07) is 12.7. The van der Waals surface area contributed by atoms with Crippen LogP contribution in [0.25, 0.3) is 5.57 Å². The van der Waals surface area contributed by atoms with Gasteiger partial charge in [-0.25, -0.2) is 17.5 Å². The van der Waals surface area contributed by atoms with Crippen LogP contribution in [0.15, 0.2) is 59.3 Å². The Bertz CT molecular complexity index is 1650. The maximum absolute atomic E-state index is 14.1. The highest BCUT2D eigenvalue weighted by atomic mass is 32.2. The molecular weight excluding hydrogens is 534 g/mol. The molecule has 0 radical (unpaired) electrons. The second kappa shape index (κ2) is 9.20. The summed E-state index contributed by atoms with van der Waals surface area (Å²) in [7, 11) is -1.58. The second-order valence-corrected chi connectivity index (χ2v) is 10.3. The molecule has 1 N–H and O–H groups in total. The molecule has 0 bridgehead atoms. The third-order valence-electron chi connectivity index (χ3n) is 6.37. The van der Waals surface area contributed by atoms with E-state index in [-0.39, 0.29) is 47.7 Å². The van der Waals surface area contributed by atoms with Gasteiger partial charge in [0.2, 0.25) is 19.5 Å². The zero-order chi connectivity index (χ0) is 27.3. The molecule has 12 nitrogen and oxygen atoms in total. The van der Waals surface area contributed by atoms with E-state index in [1.54, 1.807) is 36.4 Å². The van der Waals surface area contributed by atoms with Crippen molar-refractivity contribution >= 4 is 21.8 Å². The molecule has 202 valence electrons. The summed E-state index contributed by atoms with van der Waals surface area (Å²) in [4.78, 5) is 11.8. The summed E-state index contributed by atoms with van der Waals surface area (Å²) in [5.41, 5.74) is 1.27. The van der Waals surface area contributed by atoms with E-state index in [1.165, 1.54) is 26.4 Å². The molecule has 3 heterocycles. The minimum atomic E-state index is -4.38. The van der Waals surface area contributed by atoms with Gasteiger partial charge in [-0.05, 0) is 41.5 Å². The molecule has 3 aromatic carbocycles. The molecule has 3 aliphatic rings. The average molecular weight is 556 g/mol. The minimum absolute atomic E-state index is 0.0164. The molecule has 0 aromatic heterocycles. The van der Waals surface area contributed by atoms with Crippen molar-refractivity contribution in [1.82, 2.24) is 4.31 Å². The first-order valence-corrected chi connectivity index (χ1v) is 13.0. The number of rotatable bonds is 6. The smallest absolute Gasteiger partial charge is 0.493 e. The van der Waals surface area contributed by atoms with Crippen LogP contribution >= 0.6 is 0 Å². The van der Waals surface area contributed by atoms with E-state index in [0.717, 1.165) is 4.31 Å². The molecule has 3 aliphatic heterocycles. The first kappa shape index (κ1) is 24.6. The lowest BCUT2D eigenvalue weighted by molar-refractivity contribution is 0.101. The Balaban J connectivity index is 1.61. The highest BCUT2D eigenvalue weighted by Crippen LogP contribution is 2.47. The number of benzene rings is 3. The molecule has 0 amide bonds. The van der Waals surface area contributed by atoms with E-state index < -0.39 is 22.1 Å². The number of sulfonamides is 1. The van der Waals surface area contributed by atoms with E-state index in [0.29, 0.717) is 34.1 Å². The second-order valence-electron chi connectivity index (χ2n) is 8.52. The normalized spacial score (nSPS) is 16.1. The number of carbonyl (C=O) groups is 1. The molecule has 6 rings (SSSR count). The standard InChI is InChI=1S/C26H21NO11S/c1-32-19-9-16-23(10-20(19)33-2)39(30,31)27(11-14-3-5-17-21(7-14)36-12-34-17)25(38-26(28)29)24(16)15-4-6-18-22(8-15)37-13-35-18/h3-10H,11-13H2,1-2H3,(H,28,29). The molecule has 0 unspecified atom stereocenters. The van der Waals surface area contributed by atoms with Crippen LogP contribution in [0.3, 0.4) is 0 Å². The number of hydrogen-bond acceptors (Lipinski definition) is 10. The van der Waals surface area contributed by atoms with Crippen LogP contribution in [0.5, 0.6) is 34.5 Å². The third kappa shape index (κ3) is 4.07. The van der Waals surface area contributed by atoms with E-state index >= 15 is 0 Å². The highest BCUT2D eigenvalue weighted by molar-refractivity contribution is 7.89. The van der Waals surface area contributed by atoms with E-state index in [4.69, 9.17) is 33.2 Å². The number of methoxy groups -OCH3 is 2. The largest absolute Gasteiger partial charge is 0.512 e.